The molecule has 46 heavy (non-hydrogen) atoms. The first-order valence-corrected chi connectivity index (χ1v) is 16.4. The Labute approximate surface area is 273 Å². The zero-order valence-corrected chi connectivity index (χ0v) is 27.6. The third kappa shape index (κ3) is 5.49. The summed E-state index contributed by atoms with van der Waals surface area (Å²) in [6, 6.07) is 44.8. The average molecular weight is 599 g/mol. The summed E-state index contributed by atoms with van der Waals surface area (Å²) in [5.41, 5.74) is 11.1. The fourth-order valence-electron chi connectivity index (χ4n) is 6.81. The van der Waals surface area contributed by atoms with Gasteiger partial charge in [-0.25, -0.2) is 0 Å². The molecule has 0 unspecified atom stereocenters. The molecule has 1 aliphatic carbocycles. The first-order valence-electron chi connectivity index (χ1n) is 16.4. The molecule has 2 nitrogen and oxygen atoms in total. The molecule has 0 saturated heterocycles. The van der Waals surface area contributed by atoms with Crippen molar-refractivity contribution in [3.63, 3.8) is 0 Å². The van der Waals surface area contributed by atoms with Crippen LogP contribution in [0.3, 0.4) is 0 Å². The molecule has 0 saturated carbocycles. The molecule has 0 aliphatic heterocycles. The Balaban J connectivity index is 1.66. The molecule has 7 rings (SSSR count). The summed E-state index contributed by atoms with van der Waals surface area (Å²) in [6.07, 6.45) is 8.81. The van der Waals surface area contributed by atoms with Gasteiger partial charge in [-0.05, 0) is 97.3 Å². The maximum atomic E-state index is 2.54. The smallest absolute Gasteiger partial charge is 0.0619 e. The van der Waals surface area contributed by atoms with Crippen LogP contribution in [-0.4, -0.2) is 0 Å². The number of para-hydroxylation sites is 1. The number of allylic oxidation sites excluding steroid dienone is 4. The molecule has 0 radical (unpaired) electrons. The van der Waals surface area contributed by atoms with Crippen molar-refractivity contribution in [3.8, 4) is 0 Å². The van der Waals surface area contributed by atoms with Crippen LogP contribution in [0.4, 0.5) is 28.4 Å². The summed E-state index contributed by atoms with van der Waals surface area (Å²) >= 11 is 0. The third-order valence-corrected chi connectivity index (χ3v) is 9.09. The molecule has 2 heteroatoms. The number of hydrogen-bond donors (Lipinski definition) is 0. The van der Waals surface area contributed by atoms with Crippen LogP contribution in [0.2, 0.25) is 0 Å². The lowest BCUT2D eigenvalue weighted by Crippen LogP contribution is -2.20. The number of aryl methyl sites for hydroxylation is 2. The molecule has 0 bridgehead atoms. The highest BCUT2D eigenvalue weighted by molar-refractivity contribution is 6.23. The van der Waals surface area contributed by atoms with Gasteiger partial charge in [-0.1, -0.05) is 112 Å². The minimum atomic E-state index is -0.00602. The van der Waals surface area contributed by atoms with Crippen molar-refractivity contribution in [3.05, 3.63) is 162 Å². The molecule has 0 N–H and O–H groups in total. The van der Waals surface area contributed by atoms with E-state index in [4.69, 9.17) is 0 Å². The summed E-state index contributed by atoms with van der Waals surface area (Å²) in [5, 5.41) is 4.95. The van der Waals surface area contributed by atoms with Gasteiger partial charge in [0.25, 0.3) is 0 Å². The lowest BCUT2D eigenvalue weighted by molar-refractivity contribution is 0.591. The van der Waals surface area contributed by atoms with Gasteiger partial charge >= 0.3 is 0 Å². The molecule has 0 aromatic heterocycles. The molecular formula is C44H42N2. The average Bonchev–Trinajstić information content (AvgIpc) is 3.06. The van der Waals surface area contributed by atoms with Gasteiger partial charge in [0.15, 0.2) is 0 Å². The molecule has 0 spiro atoms. The van der Waals surface area contributed by atoms with Crippen LogP contribution < -0.4 is 9.80 Å². The normalized spacial score (nSPS) is 13.2. The van der Waals surface area contributed by atoms with Crippen molar-refractivity contribution in [2.75, 3.05) is 9.80 Å². The number of benzene rings is 6. The Morgan fingerprint density at radius 3 is 1.67 bits per heavy atom. The predicted octanol–water partition coefficient (Wildman–Crippen LogP) is 12.7. The van der Waals surface area contributed by atoms with Crippen LogP contribution in [0.15, 0.2) is 145 Å². The van der Waals surface area contributed by atoms with Crippen LogP contribution in [0.1, 0.15) is 50.3 Å². The van der Waals surface area contributed by atoms with Gasteiger partial charge in [0.1, 0.15) is 0 Å². The number of anilines is 5. The second-order valence-electron chi connectivity index (χ2n) is 13.6. The lowest BCUT2D eigenvalue weighted by atomic mass is 9.84. The van der Waals surface area contributed by atoms with E-state index in [9.17, 15) is 0 Å². The van der Waals surface area contributed by atoms with E-state index in [1.165, 1.54) is 61.0 Å². The summed E-state index contributed by atoms with van der Waals surface area (Å²) in [6.45, 7) is 11.3. The van der Waals surface area contributed by atoms with Gasteiger partial charge in [-0.2, -0.15) is 0 Å². The number of nitrogens with zero attached hydrogens (tertiary/aromatic N) is 2. The second kappa shape index (κ2) is 12.0. The summed E-state index contributed by atoms with van der Waals surface area (Å²) in [4.78, 5) is 4.99. The van der Waals surface area contributed by atoms with Gasteiger partial charge < -0.3 is 9.80 Å². The molecule has 6 aromatic rings. The first-order chi connectivity index (χ1) is 22.3. The molecule has 0 amide bonds. The van der Waals surface area contributed by atoms with Crippen LogP contribution >= 0.6 is 0 Å². The van der Waals surface area contributed by atoms with Gasteiger partial charge in [-0.15, -0.1) is 0 Å². The van der Waals surface area contributed by atoms with Gasteiger partial charge in [0.2, 0.25) is 0 Å². The number of rotatable bonds is 6. The first kappa shape index (κ1) is 29.6. The van der Waals surface area contributed by atoms with E-state index in [1.54, 1.807) is 0 Å². The van der Waals surface area contributed by atoms with Gasteiger partial charge in [0.05, 0.1) is 11.4 Å². The fourth-order valence-corrected chi connectivity index (χ4v) is 6.81. The Bertz CT molecular complexity index is 2110. The van der Waals surface area contributed by atoms with Crippen molar-refractivity contribution in [1.29, 1.82) is 0 Å². The standard InChI is InChI=1S/C44H42N2/c1-31-16-14-22-36(28-31)45(34-18-8-6-9-19-34)42-38-24-12-13-25-39(38)43(41-30-33(44(3,4)5)26-27-40(41)42)46(35-20-10-7-11-21-35)37-23-15-17-32(2)29-37/h6-10,12-20,22-30H,11,21H2,1-5H3. The quantitative estimate of drug-likeness (QED) is 0.139. The highest BCUT2D eigenvalue weighted by Crippen LogP contribution is 2.51. The molecular weight excluding hydrogens is 556 g/mol. The van der Waals surface area contributed by atoms with Crippen LogP contribution in [0.25, 0.3) is 21.5 Å². The third-order valence-electron chi connectivity index (χ3n) is 9.09. The summed E-state index contributed by atoms with van der Waals surface area (Å²) < 4.78 is 0. The summed E-state index contributed by atoms with van der Waals surface area (Å²) in [7, 11) is 0. The number of fused-ring (bicyclic) bond motifs is 2. The van der Waals surface area contributed by atoms with E-state index in [1.807, 2.05) is 0 Å². The van der Waals surface area contributed by atoms with E-state index < -0.39 is 0 Å². The zero-order chi connectivity index (χ0) is 31.8. The largest absolute Gasteiger partial charge is 0.313 e. The Hall–Kier alpha value is -5.08. The van der Waals surface area contributed by atoms with E-state index in [0.717, 1.165) is 24.2 Å². The second-order valence-corrected chi connectivity index (χ2v) is 13.6. The Morgan fingerprint density at radius 2 is 1.09 bits per heavy atom. The molecule has 228 valence electrons. The molecule has 0 fully saturated rings. The van der Waals surface area contributed by atoms with Crippen molar-refractivity contribution < 1.29 is 0 Å². The van der Waals surface area contributed by atoms with Crippen LogP contribution in [0, 0.1) is 13.8 Å². The highest BCUT2D eigenvalue weighted by Gasteiger charge is 2.27. The minimum absolute atomic E-state index is 0.00602. The van der Waals surface area contributed by atoms with E-state index >= 15 is 0 Å². The van der Waals surface area contributed by atoms with Crippen LogP contribution in [0.5, 0.6) is 0 Å². The van der Waals surface area contributed by atoms with Crippen molar-refractivity contribution in [2.24, 2.45) is 0 Å². The fraction of sp³-hybridized carbons (Fsp3) is 0.182. The van der Waals surface area contributed by atoms with E-state index in [0.29, 0.717) is 0 Å². The van der Waals surface area contributed by atoms with Crippen molar-refractivity contribution >= 4 is 50.0 Å². The molecule has 6 aromatic carbocycles. The maximum Gasteiger partial charge on any atom is 0.0619 e. The van der Waals surface area contributed by atoms with Crippen LogP contribution in [-0.2, 0) is 5.41 Å². The Morgan fingerprint density at radius 1 is 0.522 bits per heavy atom. The van der Waals surface area contributed by atoms with E-state index in [2.05, 4.69) is 184 Å². The highest BCUT2D eigenvalue weighted by atomic mass is 15.2. The SMILES string of the molecule is Cc1cccc(N(C2=CC=CCC2)c2c3ccccc3c(N(c3ccccc3)c3cccc(C)c3)c3ccc(C(C)(C)C)cc23)c1. The van der Waals surface area contributed by atoms with E-state index in [-0.39, 0.29) is 5.41 Å². The Kier molecular flexibility index (Phi) is 7.74. The number of hydrogen-bond acceptors (Lipinski definition) is 2. The minimum Gasteiger partial charge on any atom is -0.313 e. The van der Waals surface area contributed by atoms with Gasteiger partial charge in [-0.3, -0.25) is 0 Å². The monoisotopic (exact) mass is 598 g/mol. The summed E-state index contributed by atoms with van der Waals surface area (Å²) in [5.74, 6) is 0. The predicted molar refractivity (Wildman–Crippen MR) is 199 cm³/mol. The topological polar surface area (TPSA) is 6.48 Å². The van der Waals surface area contributed by atoms with Crippen molar-refractivity contribution in [2.45, 2.75) is 52.9 Å². The maximum absolute atomic E-state index is 2.54. The van der Waals surface area contributed by atoms with Crippen molar-refractivity contribution in [1.82, 2.24) is 0 Å². The molecule has 0 heterocycles. The molecule has 1 aliphatic rings. The van der Waals surface area contributed by atoms with Gasteiger partial charge in [0, 0.05) is 44.3 Å². The lowest BCUT2D eigenvalue weighted by Gasteiger charge is -2.35. The zero-order valence-electron chi connectivity index (χ0n) is 27.6. The molecule has 0 atom stereocenters.